The Morgan fingerprint density at radius 1 is 1.09 bits per heavy atom. The highest BCUT2D eigenvalue weighted by Gasteiger charge is 2.15. The van der Waals surface area contributed by atoms with E-state index in [1.54, 1.807) is 6.08 Å². The Morgan fingerprint density at radius 3 is 2.39 bits per heavy atom. The molecule has 1 rings (SSSR count). The van der Waals surface area contributed by atoms with Crippen LogP contribution in [0.4, 0.5) is 0 Å². The van der Waals surface area contributed by atoms with Crippen LogP contribution < -0.4 is 0 Å². The lowest BCUT2D eigenvalue weighted by Crippen LogP contribution is -2.20. The van der Waals surface area contributed by atoms with Crippen molar-refractivity contribution >= 4 is 11.8 Å². The van der Waals surface area contributed by atoms with Gasteiger partial charge in [0.2, 0.25) is 0 Å². The van der Waals surface area contributed by atoms with Crippen molar-refractivity contribution in [2.75, 3.05) is 7.11 Å². The number of carbonyl (C=O) groups excluding carboxylic acids is 2. The third kappa shape index (κ3) is 8.12. The number of benzene rings is 1. The van der Waals surface area contributed by atoms with Crippen LogP contribution >= 0.6 is 0 Å². The predicted octanol–water partition coefficient (Wildman–Crippen LogP) is 3.47. The van der Waals surface area contributed by atoms with Gasteiger partial charge >= 0.3 is 5.97 Å². The summed E-state index contributed by atoms with van der Waals surface area (Å²) in [6.07, 6.45) is 6.14. The van der Waals surface area contributed by atoms with Gasteiger partial charge in [-0.1, -0.05) is 49.4 Å². The third-order valence-electron chi connectivity index (χ3n) is 3.51. The molecule has 0 fully saturated rings. The summed E-state index contributed by atoms with van der Waals surface area (Å²) in [6.45, 7) is 4.51. The molecule has 1 unspecified atom stereocenters. The molecular formula is C19H24O4. The van der Waals surface area contributed by atoms with Gasteiger partial charge in [0, 0.05) is 12.5 Å². The zero-order valence-corrected chi connectivity index (χ0v) is 13.9. The molecule has 0 aliphatic heterocycles. The van der Waals surface area contributed by atoms with E-state index in [0.717, 1.165) is 5.56 Å². The average molecular weight is 316 g/mol. The minimum absolute atomic E-state index is 0.00202. The lowest BCUT2D eigenvalue weighted by molar-refractivity contribution is -0.134. The highest BCUT2D eigenvalue weighted by Crippen LogP contribution is 2.14. The van der Waals surface area contributed by atoms with E-state index in [0.29, 0.717) is 13.0 Å². The van der Waals surface area contributed by atoms with Crippen molar-refractivity contribution in [2.24, 2.45) is 5.92 Å². The third-order valence-corrected chi connectivity index (χ3v) is 3.51. The van der Waals surface area contributed by atoms with Crippen molar-refractivity contribution in [3.63, 3.8) is 0 Å². The number of allylic oxidation sites excluding steroid dienone is 3. The number of hydrogen-bond acceptors (Lipinski definition) is 4. The first-order chi connectivity index (χ1) is 11.0. The number of rotatable bonds is 9. The number of hydrogen-bond donors (Lipinski definition) is 0. The maximum atomic E-state index is 11.9. The minimum atomic E-state index is -0.446. The molecular weight excluding hydrogens is 292 g/mol. The van der Waals surface area contributed by atoms with Crippen molar-refractivity contribution in [3.05, 3.63) is 60.2 Å². The van der Waals surface area contributed by atoms with Crippen LogP contribution in [-0.4, -0.2) is 25.0 Å². The van der Waals surface area contributed by atoms with E-state index in [-0.39, 0.29) is 17.8 Å². The highest BCUT2D eigenvalue weighted by atomic mass is 16.5. The summed E-state index contributed by atoms with van der Waals surface area (Å²) in [5.74, 6) is -0.332. The summed E-state index contributed by atoms with van der Waals surface area (Å²) >= 11 is 0. The van der Waals surface area contributed by atoms with Crippen LogP contribution in [0.1, 0.15) is 25.8 Å². The summed E-state index contributed by atoms with van der Waals surface area (Å²) in [5.41, 5.74) is 1.12. The molecule has 4 nitrogen and oxygen atoms in total. The van der Waals surface area contributed by atoms with E-state index in [4.69, 9.17) is 4.74 Å². The Morgan fingerprint density at radius 2 is 1.74 bits per heavy atom. The Balaban J connectivity index is 2.34. The van der Waals surface area contributed by atoms with Gasteiger partial charge in [-0.3, -0.25) is 4.79 Å². The SMILES string of the molecule is COC(=O)/C=C/C=C/C(=O)CC(C)[C@H](C)OCc1ccccc1. The smallest absolute Gasteiger partial charge is 0.330 e. The Bertz CT molecular complexity index is 546. The van der Waals surface area contributed by atoms with Crippen LogP contribution in [0, 0.1) is 5.92 Å². The molecule has 23 heavy (non-hydrogen) atoms. The molecule has 0 saturated carbocycles. The molecule has 0 bridgehead atoms. The minimum Gasteiger partial charge on any atom is -0.466 e. The number of esters is 1. The molecule has 0 amide bonds. The second kappa shape index (κ2) is 10.5. The van der Waals surface area contributed by atoms with E-state index >= 15 is 0 Å². The average Bonchev–Trinajstić information content (AvgIpc) is 2.57. The van der Waals surface area contributed by atoms with Crippen molar-refractivity contribution in [1.82, 2.24) is 0 Å². The molecule has 4 heteroatoms. The van der Waals surface area contributed by atoms with Gasteiger partial charge in [0.15, 0.2) is 5.78 Å². The van der Waals surface area contributed by atoms with Gasteiger partial charge in [-0.15, -0.1) is 0 Å². The maximum Gasteiger partial charge on any atom is 0.330 e. The molecule has 0 radical (unpaired) electrons. The topological polar surface area (TPSA) is 52.6 Å². The van der Waals surface area contributed by atoms with E-state index in [9.17, 15) is 9.59 Å². The summed E-state index contributed by atoms with van der Waals surface area (Å²) in [4.78, 5) is 22.7. The molecule has 0 aromatic heterocycles. The monoisotopic (exact) mass is 316 g/mol. The Kier molecular flexibility index (Phi) is 8.62. The van der Waals surface area contributed by atoms with Crippen molar-refractivity contribution in [3.8, 4) is 0 Å². The fourth-order valence-electron chi connectivity index (χ4n) is 1.88. The lowest BCUT2D eigenvalue weighted by Gasteiger charge is -2.19. The van der Waals surface area contributed by atoms with E-state index < -0.39 is 5.97 Å². The fraction of sp³-hybridized carbons (Fsp3) is 0.368. The highest BCUT2D eigenvalue weighted by molar-refractivity contribution is 5.90. The van der Waals surface area contributed by atoms with Gasteiger partial charge < -0.3 is 9.47 Å². The molecule has 0 saturated heterocycles. The van der Waals surface area contributed by atoms with Gasteiger partial charge in [-0.2, -0.15) is 0 Å². The Hall–Kier alpha value is -2.20. The molecule has 124 valence electrons. The molecule has 0 aliphatic carbocycles. The first kappa shape index (κ1) is 18.8. The number of ketones is 1. The van der Waals surface area contributed by atoms with Gasteiger partial charge in [0.05, 0.1) is 19.8 Å². The molecule has 1 aromatic carbocycles. The van der Waals surface area contributed by atoms with Crippen molar-refractivity contribution in [2.45, 2.75) is 33.0 Å². The van der Waals surface area contributed by atoms with Gasteiger partial charge in [0.1, 0.15) is 0 Å². The largest absolute Gasteiger partial charge is 0.466 e. The van der Waals surface area contributed by atoms with E-state index in [1.165, 1.54) is 25.3 Å². The quantitative estimate of drug-likeness (QED) is 0.398. The molecule has 1 aromatic rings. The number of methoxy groups -OCH3 is 1. The van der Waals surface area contributed by atoms with Gasteiger partial charge in [0.25, 0.3) is 0 Å². The second-order valence-corrected chi connectivity index (χ2v) is 5.39. The first-order valence-corrected chi connectivity index (χ1v) is 7.64. The van der Waals surface area contributed by atoms with Crippen molar-refractivity contribution in [1.29, 1.82) is 0 Å². The van der Waals surface area contributed by atoms with Crippen LogP contribution in [0.15, 0.2) is 54.6 Å². The number of carbonyl (C=O) groups is 2. The molecule has 0 N–H and O–H groups in total. The van der Waals surface area contributed by atoms with Crippen LogP contribution in [-0.2, 0) is 25.7 Å². The van der Waals surface area contributed by atoms with Crippen LogP contribution in [0.5, 0.6) is 0 Å². The molecule has 0 spiro atoms. The summed E-state index contributed by atoms with van der Waals surface area (Å²) < 4.78 is 10.3. The van der Waals surface area contributed by atoms with E-state index in [1.807, 2.05) is 44.2 Å². The van der Waals surface area contributed by atoms with Crippen LogP contribution in [0.25, 0.3) is 0 Å². The van der Waals surface area contributed by atoms with Gasteiger partial charge in [-0.05, 0) is 24.5 Å². The van der Waals surface area contributed by atoms with E-state index in [2.05, 4.69) is 4.74 Å². The first-order valence-electron chi connectivity index (χ1n) is 7.64. The normalized spacial score (nSPS) is 14.0. The summed E-state index contributed by atoms with van der Waals surface area (Å²) in [6, 6.07) is 9.94. The summed E-state index contributed by atoms with van der Waals surface area (Å²) in [7, 11) is 1.31. The predicted molar refractivity (Wildman–Crippen MR) is 89.8 cm³/mol. The van der Waals surface area contributed by atoms with Crippen LogP contribution in [0.3, 0.4) is 0 Å². The number of ether oxygens (including phenoxy) is 2. The maximum absolute atomic E-state index is 11.9. The zero-order valence-electron chi connectivity index (χ0n) is 13.9. The molecule has 0 heterocycles. The van der Waals surface area contributed by atoms with Crippen molar-refractivity contribution < 1.29 is 19.1 Å². The Labute approximate surface area is 137 Å². The zero-order chi connectivity index (χ0) is 17.1. The standard InChI is InChI=1S/C19H24O4/c1-15(13-18(20)11-7-8-12-19(21)22-3)16(2)23-14-17-9-5-4-6-10-17/h4-12,15-16H,13-14H2,1-3H3/b11-7+,12-8+/t15?,16-/m0/s1. The second-order valence-electron chi connectivity index (χ2n) is 5.39. The lowest BCUT2D eigenvalue weighted by atomic mass is 9.99. The fourth-order valence-corrected chi connectivity index (χ4v) is 1.88. The molecule has 0 aliphatic rings. The van der Waals surface area contributed by atoms with Gasteiger partial charge in [-0.25, -0.2) is 4.79 Å². The van der Waals surface area contributed by atoms with Crippen LogP contribution in [0.2, 0.25) is 0 Å². The molecule has 2 atom stereocenters. The summed E-state index contributed by atoms with van der Waals surface area (Å²) in [5, 5.41) is 0.